The van der Waals surface area contributed by atoms with Gasteiger partial charge < -0.3 is 4.43 Å². The van der Waals surface area contributed by atoms with Crippen LogP contribution in [0.15, 0.2) is 0 Å². The Kier molecular flexibility index (Phi) is 5.34. The van der Waals surface area contributed by atoms with Crippen LogP contribution < -0.4 is 0 Å². The molecule has 1 atom stereocenters. The zero-order valence-electron chi connectivity index (χ0n) is 11.0. The minimum atomic E-state index is -1.42. The average molecular weight is 228 g/mol. The smallest absolute Gasteiger partial charge is 0.189 e. The second-order valence-corrected chi connectivity index (χ2v) is 9.69. The molecule has 0 heterocycles. The van der Waals surface area contributed by atoms with Gasteiger partial charge in [0.15, 0.2) is 8.32 Å². The molecule has 1 fully saturated rings. The molecule has 1 nitrogen and oxygen atoms in total. The normalized spacial score (nSPS) is 21.6. The quantitative estimate of drug-likeness (QED) is 0.625. The lowest BCUT2D eigenvalue weighted by Crippen LogP contribution is -2.40. The maximum Gasteiger partial charge on any atom is 0.189 e. The predicted molar refractivity (Wildman–Crippen MR) is 69.7 cm³/mol. The van der Waals surface area contributed by atoms with Gasteiger partial charge in [0.05, 0.1) is 0 Å². The Morgan fingerprint density at radius 2 is 1.73 bits per heavy atom. The van der Waals surface area contributed by atoms with Crippen LogP contribution in [-0.2, 0) is 4.43 Å². The lowest BCUT2D eigenvalue weighted by molar-refractivity contribution is 0.271. The van der Waals surface area contributed by atoms with Crippen LogP contribution in [0, 0.1) is 5.92 Å². The Labute approximate surface area is 96.7 Å². The third kappa shape index (κ3) is 3.60. The largest absolute Gasteiger partial charge is 0.417 e. The lowest BCUT2D eigenvalue weighted by Gasteiger charge is -2.38. The number of rotatable bonds is 5. The van der Waals surface area contributed by atoms with Crippen molar-refractivity contribution in [2.45, 2.75) is 71.0 Å². The second-order valence-electron chi connectivity index (χ2n) is 5.45. The van der Waals surface area contributed by atoms with Crippen LogP contribution in [0.4, 0.5) is 0 Å². The van der Waals surface area contributed by atoms with E-state index in [2.05, 4.69) is 26.9 Å². The van der Waals surface area contributed by atoms with Gasteiger partial charge in [0.1, 0.15) is 0 Å². The average Bonchev–Trinajstić information content (AvgIpc) is 2.19. The van der Waals surface area contributed by atoms with Crippen molar-refractivity contribution >= 4 is 8.32 Å². The molecule has 1 rings (SSSR count). The topological polar surface area (TPSA) is 9.23 Å². The highest BCUT2D eigenvalue weighted by atomic mass is 28.4. The van der Waals surface area contributed by atoms with E-state index in [0.717, 1.165) is 18.1 Å². The molecule has 0 radical (unpaired) electrons. The molecular weight excluding hydrogens is 200 g/mol. The monoisotopic (exact) mass is 228 g/mol. The molecule has 1 aliphatic carbocycles. The van der Waals surface area contributed by atoms with Crippen LogP contribution >= 0.6 is 0 Å². The van der Waals surface area contributed by atoms with E-state index in [9.17, 15) is 0 Å². The summed E-state index contributed by atoms with van der Waals surface area (Å²) in [5.41, 5.74) is 0.887. The van der Waals surface area contributed by atoms with Crippen molar-refractivity contribution in [3.8, 4) is 0 Å². The van der Waals surface area contributed by atoms with Gasteiger partial charge >= 0.3 is 0 Å². The number of hydrogen-bond acceptors (Lipinski definition) is 1. The van der Waals surface area contributed by atoms with Crippen LogP contribution in [0.2, 0.25) is 18.6 Å². The highest BCUT2D eigenvalue weighted by Crippen LogP contribution is 2.41. The van der Waals surface area contributed by atoms with Crippen molar-refractivity contribution in [2.24, 2.45) is 5.92 Å². The molecule has 0 aliphatic heterocycles. The van der Waals surface area contributed by atoms with Crippen LogP contribution in [0.1, 0.15) is 52.4 Å². The Balaban J connectivity index is 2.59. The van der Waals surface area contributed by atoms with E-state index in [-0.39, 0.29) is 0 Å². The predicted octanol–water partition coefficient (Wildman–Crippen LogP) is 4.59. The molecule has 0 aromatic carbocycles. The maximum atomic E-state index is 6.07. The highest BCUT2D eigenvalue weighted by Gasteiger charge is 2.37. The minimum absolute atomic E-state index is 0.887. The minimum Gasteiger partial charge on any atom is -0.417 e. The van der Waals surface area contributed by atoms with Crippen molar-refractivity contribution in [1.82, 2.24) is 0 Å². The van der Waals surface area contributed by atoms with Crippen LogP contribution in [0.5, 0.6) is 0 Å². The van der Waals surface area contributed by atoms with Gasteiger partial charge in [0.25, 0.3) is 0 Å². The zero-order chi connectivity index (χ0) is 11.3. The summed E-state index contributed by atoms with van der Waals surface area (Å²) < 4.78 is 6.07. The summed E-state index contributed by atoms with van der Waals surface area (Å²) in [6.07, 6.45) is 8.62. The van der Waals surface area contributed by atoms with E-state index in [1.54, 1.807) is 0 Å². The van der Waals surface area contributed by atoms with Gasteiger partial charge in [-0.15, -0.1) is 0 Å². The van der Waals surface area contributed by atoms with E-state index < -0.39 is 8.32 Å². The van der Waals surface area contributed by atoms with E-state index in [4.69, 9.17) is 4.43 Å². The summed E-state index contributed by atoms with van der Waals surface area (Å²) in [4.78, 5) is 0. The lowest BCUT2D eigenvalue weighted by atomic mass is 9.86. The summed E-state index contributed by atoms with van der Waals surface area (Å²) in [6, 6.07) is 0. The third-order valence-electron chi connectivity index (χ3n) is 4.07. The van der Waals surface area contributed by atoms with Crippen molar-refractivity contribution in [3.05, 3.63) is 0 Å². The molecule has 0 aromatic heterocycles. The molecule has 1 aliphatic rings. The maximum absolute atomic E-state index is 6.07. The van der Waals surface area contributed by atoms with Gasteiger partial charge in [-0.2, -0.15) is 0 Å². The van der Waals surface area contributed by atoms with Crippen LogP contribution in [0.25, 0.3) is 0 Å². The summed E-state index contributed by atoms with van der Waals surface area (Å²) in [5, 5.41) is 0. The Morgan fingerprint density at radius 1 is 1.13 bits per heavy atom. The van der Waals surface area contributed by atoms with Gasteiger partial charge in [-0.1, -0.05) is 45.4 Å². The van der Waals surface area contributed by atoms with E-state index in [0.29, 0.717) is 0 Å². The van der Waals surface area contributed by atoms with Crippen LogP contribution in [0.3, 0.4) is 0 Å². The van der Waals surface area contributed by atoms with Crippen molar-refractivity contribution < 1.29 is 4.43 Å². The molecule has 0 N–H and O–H groups in total. The van der Waals surface area contributed by atoms with Gasteiger partial charge in [-0.25, -0.2) is 0 Å². The first kappa shape index (κ1) is 13.2. The standard InChI is InChI=1S/C13H28OSi/c1-5-13(15(3,4)14-6-2)12-10-8-7-9-11-12/h12-13H,5-11H2,1-4H3. The summed E-state index contributed by atoms with van der Waals surface area (Å²) in [7, 11) is -1.42. The van der Waals surface area contributed by atoms with Crippen molar-refractivity contribution in [2.75, 3.05) is 6.61 Å². The summed E-state index contributed by atoms with van der Waals surface area (Å²) in [6.45, 7) is 10.2. The summed E-state index contributed by atoms with van der Waals surface area (Å²) in [5.74, 6) is 0.969. The molecule has 0 aromatic rings. The van der Waals surface area contributed by atoms with Gasteiger partial charge in [-0.05, 0) is 31.5 Å². The molecule has 15 heavy (non-hydrogen) atoms. The molecule has 1 unspecified atom stereocenters. The molecule has 0 amide bonds. The first-order valence-electron chi connectivity index (χ1n) is 6.75. The van der Waals surface area contributed by atoms with Gasteiger partial charge in [0.2, 0.25) is 0 Å². The van der Waals surface area contributed by atoms with Gasteiger partial charge in [-0.3, -0.25) is 0 Å². The Hall–Kier alpha value is 0.177. The first-order chi connectivity index (χ1) is 7.11. The second kappa shape index (κ2) is 6.05. The highest BCUT2D eigenvalue weighted by molar-refractivity contribution is 6.72. The first-order valence-corrected chi connectivity index (χ1v) is 9.74. The SMILES string of the molecule is CCO[Si](C)(C)C(CC)C1CCCCC1. The molecule has 0 spiro atoms. The van der Waals surface area contributed by atoms with Crippen LogP contribution in [-0.4, -0.2) is 14.9 Å². The summed E-state index contributed by atoms with van der Waals surface area (Å²) >= 11 is 0. The Morgan fingerprint density at radius 3 is 2.20 bits per heavy atom. The molecule has 90 valence electrons. The molecule has 1 saturated carbocycles. The fourth-order valence-electron chi connectivity index (χ4n) is 3.41. The van der Waals surface area contributed by atoms with Gasteiger partial charge in [0, 0.05) is 6.61 Å². The van der Waals surface area contributed by atoms with Crippen molar-refractivity contribution in [1.29, 1.82) is 0 Å². The molecule has 2 heteroatoms. The molecule has 0 saturated heterocycles. The van der Waals surface area contributed by atoms with Crippen molar-refractivity contribution in [3.63, 3.8) is 0 Å². The number of hydrogen-bond donors (Lipinski definition) is 0. The fraction of sp³-hybridized carbons (Fsp3) is 1.00. The fourth-order valence-corrected chi connectivity index (χ4v) is 6.82. The van der Waals surface area contributed by atoms with E-state index in [1.165, 1.54) is 38.5 Å². The molecule has 0 bridgehead atoms. The zero-order valence-corrected chi connectivity index (χ0v) is 12.0. The molecular formula is C13H28OSi. The van der Waals surface area contributed by atoms with E-state index >= 15 is 0 Å². The third-order valence-corrected chi connectivity index (χ3v) is 7.77. The Bertz CT molecular complexity index is 173. The van der Waals surface area contributed by atoms with E-state index in [1.807, 2.05) is 0 Å².